The highest BCUT2D eigenvalue weighted by Gasteiger charge is 2.54. The first-order chi connectivity index (χ1) is 21.2. The molecule has 0 saturated heterocycles. The number of benzene rings is 2. The van der Waals surface area contributed by atoms with Crippen LogP contribution >= 0.6 is 0 Å². The average molecular weight is 632 g/mol. The third-order valence-electron chi connectivity index (χ3n) is 8.93. The molecule has 15 heteroatoms. The standard InChI is InChI=1S/C30H33F4N7O4/c1-28(2,3)18-6-9-20(10-7-18)41(27(43)35-19-8-13-24-22(15-19)29(31,32)45-30(33,34)44-24)23-12-5-16-14-17(4-11-21(16)23)25(42)36-26-37-39-40-38-26/h4,8,11,13-15,18,20,23H,5-7,9-10,12H2,1-3H3,(H,35,43)(H2,36,37,38,39,40,42). The van der Waals surface area contributed by atoms with Crippen LogP contribution in [0.25, 0.3) is 0 Å². The largest absolute Gasteiger partial charge is 0.540 e. The lowest BCUT2D eigenvalue weighted by Crippen LogP contribution is -2.47. The summed E-state index contributed by atoms with van der Waals surface area (Å²) in [6.45, 7) is 6.62. The number of nitrogens with zero attached hydrogens (tertiary/aromatic N) is 4. The van der Waals surface area contributed by atoms with Crippen molar-refractivity contribution in [2.24, 2.45) is 11.3 Å². The molecule has 1 aliphatic heterocycles. The molecule has 3 amide bonds. The Balaban J connectivity index is 1.27. The van der Waals surface area contributed by atoms with Gasteiger partial charge in [0.05, 0.1) is 11.6 Å². The van der Waals surface area contributed by atoms with E-state index in [1.54, 1.807) is 17.0 Å². The Hall–Kier alpha value is -4.27. The van der Waals surface area contributed by atoms with Crippen LogP contribution in [-0.2, 0) is 17.3 Å². The number of aromatic amines is 1. The van der Waals surface area contributed by atoms with Crippen molar-refractivity contribution in [3.05, 3.63) is 58.7 Å². The molecule has 11 nitrogen and oxygen atoms in total. The van der Waals surface area contributed by atoms with Crippen molar-refractivity contribution in [2.75, 3.05) is 10.6 Å². The fourth-order valence-corrected chi connectivity index (χ4v) is 6.66. The van der Waals surface area contributed by atoms with Crippen LogP contribution in [0.15, 0.2) is 36.4 Å². The van der Waals surface area contributed by atoms with Gasteiger partial charge in [-0.05, 0) is 96.5 Å². The molecule has 240 valence electrons. The smallest absolute Gasteiger partial charge is 0.409 e. The Bertz CT molecular complexity index is 1590. The zero-order valence-corrected chi connectivity index (χ0v) is 24.9. The number of hydrogen-bond donors (Lipinski definition) is 3. The van der Waals surface area contributed by atoms with Crippen LogP contribution in [0.5, 0.6) is 5.75 Å². The summed E-state index contributed by atoms with van der Waals surface area (Å²) >= 11 is 0. The zero-order valence-electron chi connectivity index (χ0n) is 24.9. The first-order valence-electron chi connectivity index (χ1n) is 14.8. The van der Waals surface area contributed by atoms with E-state index < -0.39 is 35.7 Å². The van der Waals surface area contributed by atoms with Crippen molar-refractivity contribution < 1.29 is 36.6 Å². The topological polar surface area (TPSA) is 134 Å². The molecule has 1 aromatic heterocycles. The summed E-state index contributed by atoms with van der Waals surface area (Å²) in [5.74, 6) is -0.627. The van der Waals surface area contributed by atoms with Gasteiger partial charge in [-0.3, -0.25) is 10.1 Å². The van der Waals surface area contributed by atoms with Gasteiger partial charge < -0.3 is 15.0 Å². The van der Waals surface area contributed by atoms with Gasteiger partial charge >= 0.3 is 18.4 Å². The van der Waals surface area contributed by atoms with Crippen LogP contribution in [0, 0.1) is 11.3 Å². The number of ether oxygens (including phenoxy) is 2. The molecule has 1 atom stereocenters. The summed E-state index contributed by atoms with van der Waals surface area (Å²) in [6, 6.07) is 7.37. The van der Waals surface area contributed by atoms with Crippen LogP contribution in [0.2, 0.25) is 0 Å². The highest BCUT2D eigenvalue weighted by molar-refractivity contribution is 6.03. The number of carbonyl (C=O) groups is 2. The molecule has 1 saturated carbocycles. The predicted octanol–water partition coefficient (Wildman–Crippen LogP) is 6.59. The Morgan fingerprint density at radius 3 is 2.44 bits per heavy atom. The third kappa shape index (κ3) is 6.30. The van der Waals surface area contributed by atoms with E-state index in [1.165, 1.54) is 6.07 Å². The van der Waals surface area contributed by atoms with E-state index in [9.17, 15) is 27.2 Å². The maximum absolute atomic E-state index is 14.5. The lowest BCUT2D eigenvalue weighted by Gasteiger charge is -2.43. The Morgan fingerprint density at radius 2 is 1.76 bits per heavy atom. The normalized spacial score (nSPS) is 23.3. The summed E-state index contributed by atoms with van der Waals surface area (Å²) < 4.78 is 63.8. The summed E-state index contributed by atoms with van der Waals surface area (Å²) in [7, 11) is 0. The molecule has 3 aromatic rings. The number of carbonyl (C=O) groups excluding carboxylic acids is 2. The summed E-state index contributed by atoms with van der Waals surface area (Å²) in [4.78, 5) is 28.6. The molecular weight excluding hydrogens is 598 g/mol. The molecule has 3 aliphatic rings. The first-order valence-corrected chi connectivity index (χ1v) is 14.8. The molecule has 2 aromatic carbocycles. The first kappa shape index (κ1) is 30.7. The van der Waals surface area contributed by atoms with Crippen molar-refractivity contribution in [2.45, 2.75) is 83.8 Å². The number of urea groups is 1. The molecule has 6 rings (SSSR count). The summed E-state index contributed by atoms with van der Waals surface area (Å²) in [6.07, 6.45) is -4.28. The van der Waals surface area contributed by atoms with Gasteiger partial charge in [-0.15, -0.1) is 13.9 Å². The van der Waals surface area contributed by atoms with Crippen molar-refractivity contribution >= 4 is 23.6 Å². The van der Waals surface area contributed by atoms with Crippen LogP contribution in [-0.4, -0.2) is 49.8 Å². The molecule has 2 heterocycles. The number of anilines is 2. The number of halogens is 4. The van der Waals surface area contributed by atoms with E-state index in [-0.39, 0.29) is 29.1 Å². The van der Waals surface area contributed by atoms with Crippen molar-refractivity contribution in [3.8, 4) is 5.75 Å². The highest BCUT2D eigenvalue weighted by Crippen LogP contribution is 2.48. The van der Waals surface area contributed by atoms with Crippen molar-refractivity contribution in [3.63, 3.8) is 0 Å². The molecule has 0 radical (unpaired) electrons. The number of H-pyrrole nitrogens is 1. The van der Waals surface area contributed by atoms with Crippen molar-refractivity contribution in [1.82, 2.24) is 25.5 Å². The number of amides is 3. The Labute approximate surface area is 256 Å². The van der Waals surface area contributed by atoms with Crippen LogP contribution in [0.4, 0.5) is 34.0 Å². The number of rotatable bonds is 5. The second kappa shape index (κ2) is 11.3. The van der Waals surface area contributed by atoms with E-state index in [1.807, 2.05) is 6.07 Å². The van der Waals surface area contributed by atoms with Gasteiger partial charge in [0.25, 0.3) is 11.9 Å². The number of aryl methyl sites for hydroxylation is 1. The Morgan fingerprint density at radius 1 is 1.00 bits per heavy atom. The minimum absolute atomic E-state index is 0.0177. The lowest BCUT2D eigenvalue weighted by molar-refractivity contribution is -0.461. The number of nitrogens with one attached hydrogen (secondary N) is 3. The number of hydrogen-bond acceptors (Lipinski definition) is 7. The molecule has 2 aliphatic carbocycles. The molecule has 0 spiro atoms. The highest BCUT2D eigenvalue weighted by atomic mass is 19.3. The fourth-order valence-electron chi connectivity index (χ4n) is 6.66. The lowest BCUT2D eigenvalue weighted by atomic mass is 9.71. The molecule has 3 N–H and O–H groups in total. The van der Waals surface area contributed by atoms with E-state index in [0.717, 1.165) is 48.9 Å². The molecular formula is C30H33F4N7O4. The minimum atomic E-state index is -4.49. The predicted molar refractivity (Wildman–Crippen MR) is 153 cm³/mol. The second-order valence-electron chi connectivity index (χ2n) is 12.8. The van der Waals surface area contributed by atoms with Crippen LogP contribution in [0.3, 0.4) is 0 Å². The number of alkyl halides is 4. The van der Waals surface area contributed by atoms with E-state index >= 15 is 0 Å². The van der Waals surface area contributed by atoms with Gasteiger partial charge in [-0.1, -0.05) is 31.9 Å². The molecule has 1 unspecified atom stereocenters. The fraction of sp³-hybridized carbons (Fsp3) is 0.500. The van der Waals surface area contributed by atoms with Gasteiger partial charge in [-0.2, -0.15) is 14.0 Å². The molecule has 45 heavy (non-hydrogen) atoms. The maximum atomic E-state index is 14.5. The summed E-state index contributed by atoms with van der Waals surface area (Å²) in [5.41, 5.74) is 1.38. The van der Waals surface area contributed by atoms with E-state index in [2.05, 4.69) is 61.5 Å². The van der Waals surface area contributed by atoms with Crippen LogP contribution < -0.4 is 15.4 Å². The number of fused-ring (bicyclic) bond motifs is 2. The number of tetrazole rings is 1. The van der Waals surface area contributed by atoms with Crippen molar-refractivity contribution in [1.29, 1.82) is 0 Å². The quantitative estimate of drug-likeness (QED) is 0.271. The number of aromatic nitrogens is 4. The summed E-state index contributed by atoms with van der Waals surface area (Å²) in [5, 5.41) is 18.4. The van der Waals surface area contributed by atoms with E-state index in [0.29, 0.717) is 24.3 Å². The Kier molecular flexibility index (Phi) is 7.70. The maximum Gasteiger partial charge on any atom is 0.540 e. The second-order valence-corrected chi connectivity index (χ2v) is 12.8. The van der Waals surface area contributed by atoms with Gasteiger partial charge in [0, 0.05) is 17.3 Å². The molecule has 0 bridgehead atoms. The monoisotopic (exact) mass is 631 g/mol. The van der Waals surface area contributed by atoms with Crippen LogP contribution in [0.1, 0.15) is 86.0 Å². The molecule has 1 fully saturated rings. The zero-order chi connectivity index (χ0) is 32.1. The van der Waals surface area contributed by atoms with Gasteiger partial charge in [0.1, 0.15) is 5.75 Å². The van der Waals surface area contributed by atoms with Gasteiger partial charge in [0.2, 0.25) is 0 Å². The minimum Gasteiger partial charge on any atom is -0.409 e. The SMILES string of the molecule is CC(C)(C)C1CCC(N(C(=O)Nc2ccc3c(c2)C(F)(F)OC(F)(F)O3)C2CCc3cc(C(=O)Nc4nn[nH]n4)ccc32)CC1. The van der Waals surface area contributed by atoms with E-state index in [4.69, 9.17) is 0 Å². The average Bonchev–Trinajstić information content (AvgIpc) is 3.62. The third-order valence-corrected chi connectivity index (χ3v) is 8.93. The van der Waals surface area contributed by atoms with Gasteiger partial charge in [0.15, 0.2) is 0 Å². The van der Waals surface area contributed by atoms with Gasteiger partial charge in [-0.25, -0.2) is 9.53 Å².